The van der Waals surface area contributed by atoms with Crippen molar-refractivity contribution in [3.63, 3.8) is 0 Å². The van der Waals surface area contributed by atoms with Crippen molar-refractivity contribution in [1.29, 1.82) is 0 Å². The summed E-state index contributed by atoms with van der Waals surface area (Å²) in [4.78, 5) is 20.9. The van der Waals surface area contributed by atoms with Crippen LogP contribution in [0.2, 0.25) is 0 Å². The topological polar surface area (TPSA) is 50.2 Å². The molecule has 192 valence electrons. The van der Waals surface area contributed by atoms with Crippen molar-refractivity contribution in [3.05, 3.63) is 65.5 Å². The van der Waals surface area contributed by atoms with E-state index < -0.39 is 0 Å². The Hall–Kier alpha value is -2.66. The van der Waals surface area contributed by atoms with Gasteiger partial charge in [-0.1, -0.05) is 57.4 Å². The monoisotopic (exact) mass is 486 g/mol. The first kappa shape index (κ1) is 25.0. The van der Waals surface area contributed by atoms with Crippen molar-refractivity contribution in [2.24, 2.45) is 11.8 Å². The third kappa shape index (κ3) is 6.36. The van der Waals surface area contributed by atoms with E-state index in [1.807, 2.05) is 17.0 Å². The average molecular weight is 487 g/mol. The maximum absolute atomic E-state index is 13.8. The quantitative estimate of drug-likeness (QED) is 0.334. The Morgan fingerprint density at radius 3 is 2.64 bits per heavy atom. The third-order valence-corrected chi connectivity index (χ3v) is 7.84. The van der Waals surface area contributed by atoms with Gasteiger partial charge in [-0.05, 0) is 73.8 Å². The molecule has 0 spiro atoms. The first-order chi connectivity index (χ1) is 17.6. The molecule has 0 bridgehead atoms. The highest BCUT2D eigenvalue weighted by Gasteiger charge is 2.26. The minimum Gasteiger partial charge on any atom is -0.331 e. The Labute approximate surface area is 216 Å². The molecule has 1 amide bonds. The van der Waals surface area contributed by atoms with Gasteiger partial charge in [0.05, 0.1) is 17.6 Å². The maximum Gasteiger partial charge on any atom is 0.254 e. The van der Waals surface area contributed by atoms with Crippen LogP contribution in [0, 0.1) is 11.8 Å². The van der Waals surface area contributed by atoms with Crippen LogP contribution in [0.3, 0.4) is 0 Å². The van der Waals surface area contributed by atoms with E-state index >= 15 is 0 Å². The Kier molecular flexibility index (Phi) is 8.05. The predicted octanol–water partition coefficient (Wildman–Crippen LogP) is 6.56. The zero-order valence-electron chi connectivity index (χ0n) is 22.1. The summed E-state index contributed by atoms with van der Waals surface area (Å²) in [6.07, 6.45) is 10.1. The number of hydrogen-bond acceptors (Lipinski definition) is 3. The van der Waals surface area contributed by atoms with Gasteiger partial charge in [0.2, 0.25) is 0 Å². The van der Waals surface area contributed by atoms with Gasteiger partial charge in [-0.2, -0.15) is 0 Å². The number of imidazole rings is 1. The number of aromatic nitrogens is 2. The lowest BCUT2D eigenvalue weighted by Crippen LogP contribution is -2.33. The number of carbonyl (C=O) groups is 1. The second-order valence-corrected chi connectivity index (χ2v) is 11.4. The number of nitrogens with zero attached hydrogens (tertiary/aromatic N) is 3. The predicted molar refractivity (Wildman–Crippen MR) is 147 cm³/mol. The molecule has 2 aliphatic carbocycles. The number of amides is 1. The zero-order valence-corrected chi connectivity index (χ0v) is 22.1. The summed E-state index contributed by atoms with van der Waals surface area (Å²) in [7, 11) is 0. The fourth-order valence-corrected chi connectivity index (χ4v) is 5.41. The summed E-state index contributed by atoms with van der Waals surface area (Å²) in [6.45, 7) is 7.58. The third-order valence-electron chi connectivity index (χ3n) is 7.84. The fourth-order valence-electron chi connectivity index (χ4n) is 5.41. The van der Waals surface area contributed by atoms with Crippen molar-refractivity contribution in [3.8, 4) is 0 Å². The van der Waals surface area contributed by atoms with Gasteiger partial charge in [0.15, 0.2) is 0 Å². The van der Waals surface area contributed by atoms with Gasteiger partial charge in [-0.3, -0.25) is 4.79 Å². The molecule has 0 unspecified atom stereocenters. The highest BCUT2D eigenvalue weighted by molar-refractivity contribution is 5.94. The number of carbonyl (C=O) groups excluding carboxylic acids is 1. The second kappa shape index (κ2) is 11.6. The lowest BCUT2D eigenvalue weighted by molar-refractivity contribution is 0.0729. The summed E-state index contributed by atoms with van der Waals surface area (Å²) in [5, 5.41) is 3.72. The van der Waals surface area contributed by atoms with Crippen LogP contribution in [-0.4, -0.2) is 32.9 Å². The number of benzene rings is 2. The van der Waals surface area contributed by atoms with E-state index in [2.05, 4.69) is 60.1 Å². The molecule has 5 rings (SSSR count). The van der Waals surface area contributed by atoms with E-state index in [1.54, 1.807) is 0 Å². The van der Waals surface area contributed by atoms with Crippen LogP contribution in [0.4, 0.5) is 0 Å². The molecule has 2 aromatic carbocycles. The van der Waals surface area contributed by atoms with Crippen LogP contribution in [0.15, 0.2) is 48.5 Å². The Bertz CT molecular complexity index is 1160. The summed E-state index contributed by atoms with van der Waals surface area (Å²) < 4.78 is 2.37. The molecule has 1 aromatic heterocycles. The molecule has 1 N–H and O–H groups in total. The first-order valence-corrected chi connectivity index (χ1v) is 14.1. The zero-order chi connectivity index (χ0) is 24.9. The van der Waals surface area contributed by atoms with E-state index in [9.17, 15) is 4.79 Å². The molecule has 5 heteroatoms. The van der Waals surface area contributed by atoms with Gasteiger partial charge in [-0.15, -0.1) is 0 Å². The van der Waals surface area contributed by atoms with Gasteiger partial charge in [-0.25, -0.2) is 4.98 Å². The van der Waals surface area contributed by atoms with E-state index in [1.165, 1.54) is 56.0 Å². The summed E-state index contributed by atoms with van der Waals surface area (Å²) in [5.41, 5.74) is 4.19. The Morgan fingerprint density at radius 2 is 1.86 bits per heavy atom. The van der Waals surface area contributed by atoms with Crippen molar-refractivity contribution >= 4 is 16.9 Å². The summed E-state index contributed by atoms with van der Waals surface area (Å²) in [5.74, 6) is 2.40. The lowest BCUT2D eigenvalue weighted by atomic mass is 9.95. The number of para-hydroxylation sites is 2. The van der Waals surface area contributed by atoms with Crippen LogP contribution in [-0.2, 0) is 19.6 Å². The number of hydrogen-bond donors (Lipinski definition) is 1. The molecule has 36 heavy (non-hydrogen) atoms. The molecule has 0 saturated heterocycles. The maximum atomic E-state index is 13.8. The van der Waals surface area contributed by atoms with Gasteiger partial charge in [0.25, 0.3) is 5.91 Å². The molecule has 2 aliphatic rings. The van der Waals surface area contributed by atoms with Crippen molar-refractivity contribution in [2.45, 2.75) is 90.9 Å². The lowest BCUT2D eigenvalue weighted by Gasteiger charge is -2.25. The number of nitrogens with one attached hydrogen (secondary N) is 1. The first-order valence-electron chi connectivity index (χ1n) is 14.1. The van der Waals surface area contributed by atoms with Crippen LogP contribution >= 0.6 is 0 Å². The number of rotatable bonds is 11. The van der Waals surface area contributed by atoms with Crippen molar-refractivity contribution in [2.75, 3.05) is 6.54 Å². The van der Waals surface area contributed by atoms with E-state index in [0.29, 0.717) is 18.5 Å². The second-order valence-electron chi connectivity index (χ2n) is 11.4. The van der Waals surface area contributed by atoms with Gasteiger partial charge in [0.1, 0.15) is 5.82 Å². The van der Waals surface area contributed by atoms with Crippen LogP contribution in [0.1, 0.15) is 87.0 Å². The normalized spacial score (nSPS) is 16.6. The standard InChI is InChI=1S/C31H42N4O/c1-23(2)17-18-34(22-30-33-28-13-6-7-14-29(28)35(30)21-24-15-16-24)31(36)26-10-8-9-25(19-26)20-32-27-11-4-3-5-12-27/h6-10,13-14,19,23-24,27,32H,3-5,11-12,15-18,20-22H2,1-2H3. The molecule has 2 saturated carbocycles. The van der Waals surface area contributed by atoms with E-state index in [0.717, 1.165) is 48.9 Å². The van der Waals surface area contributed by atoms with Crippen LogP contribution in [0.25, 0.3) is 11.0 Å². The molecule has 0 atom stereocenters. The van der Waals surface area contributed by atoms with E-state index in [-0.39, 0.29) is 5.91 Å². The van der Waals surface area contributed by atoms with Gasteiger partial charge < -0.3 is 14.8 Å². The molecule has 1 heterocycles. The minimum atomic E-state index is 0.111. The van der Waals surface area contributed by atoms with E-state index in [4.69, 9.17) is 4.98 Å². The Balaban J connectivity index is 1.35. The molecular weight excluding hydrogens is 444 g/mol. The molecule has 3 aromatic rings. The smallest absolute Gasteiger partial charge is 0.254 e. The van der Waals surface area contributed by atoms with Gasteiger partial charge >= 0.3 is 0 Å². The SMILES string of the molecule is CC(C)CCN(Cc1nc2ccccc2n1CC1CC1)C(=O)c1cccc(CNC2CCCCC2)c1. The molecule has 5 nitrogen and oxygen atoms in total. The summed E-state index contributed by atoms with van der Waals surface area (Å²) >= 11 is 0. The van der Waals surface area contributed by atoms with Crippen molar-refractivity contribution in [1.82, 2.24) is 19.8 Å². The fraction of sp³-hybridized carbons (Fsp3) is 0.548. The summed E-state index contributed by atoms with van der Waals surface area (Å²) in [6, 6.07) is 17.2. The number of fused-ring (bicyclic) bond motifs is 1. The molecular formula is C31H42N4O. The highest BCUT2D eigenvalue weighted by Crippen LogP contribution is 2.33. The molecule has 0 aliphatic heterocycles. The molecule has 0 radical (unpaired) electrons. The average Bonchev–Trinajstić information content (AvgIpc) is 3.66. The van der Waals surface area contributed by atoms with Crippen LogP contribution < -0.4 is 5.32 Å². The molecule has 2 fully saturated rings. The largest absolute Gasteiger partial charge is 0.331 e. The Morgan fingerprint density at radius 1 is 1.06 bits per heavy atom. The van der Waals surface area contributed by atoms with Gasteiger partial charge in [0, 0.05) is 31.2 Å². The highest BCUT2D eigenvalue weighted by atomic mass is 16.2. The van der Waals surface area contributed by atoms with Crippen molar-refractivity contribution < 1.29 is 4.79 Å². The minimum absolute atomic E-state index is 0.111. The van der Waals surface area contributed by atoms with Crippen LogP contribution in [0.5, 0.6) is 0 Å².